The fourth-order valence-electron chi connectivity index (χ4n) is 1.82. The van der Waals surface area contributed by atoms with Crippen molar-refractivity contribution in [1.29, 1.82) is 0 Å². The van der Waals surface area contributed by atoms with Crippen LogP contribution >= 0.6 is 0 Å². The van der Waals surface area contributed by atoms with E-state index in [9.17, 15) is 4.79 Å². The van der Waals surface area contributed by atoms with Crippen molar-refractivity contribution in [3.63, 3.8) is 0 Å². The average Bonchev–Trinajstić information content (AvgIpc) is 2.57. The van der Waals surface area contributed by atoms with Crippen LogP contribution in [0.2, 0.25) is 0 Å². The molecule has 4 nitrogen and oxygen atoms in total. The third kappa shape index (κ3) is 1.57. The van der Waals surface area contributed by atoms with Gasteiger partial charge in [0.05, 0.1) is 17.4 Å². The predicted molar refractivity (Wildman–Crippen MR) is 58.9 cm³/mol. The summed E-state index contributed by atoms with van der Waals surface area (Å²) in [5.41, 5.74) is 7.06. The Labute approximate surface area is 87.2 Å². The minimum absolute atomic E-state index is 0.268. The molecule has 0 aliphatic carbocycles. The molecule has 80 valence electrons. The molecule has 0 amide bonds. The van der Waals surface area contributed by atoms with Crippen LogP contribution in [0.1, 0.15) is 12.5 Å². The summed E-state index contributed by atoms with van der Waals surface area (Å²) >= 11 is 0. The Hall–Kier alpha value is -1.55. The summed E-state index contributed by atoms with van der Waals surface area (Å²) in [5, 5.41) is 0.671. The quantitative estimate of drug-likeness (QED) is 0.818. The molecule has 1 aromatic heterocycles. The average molecular weight is 206 g/mol. The molecule has 2 rings (SSSR count). The van der Waals surface area contributed by atoms with Crippen LogP contribution in [0.4, 0.5) is 0 Å². The van der Waals surface area contributed by atoms with Crippen LogP contribution in [0.25, 0.3) is 10.9 Å². The van der Waals surface area contributed by atoms with Gasteiger partial charge in [0, 0.05) is 0 Å². The molecule has 1 aromatic carbocycles. The van der Waals surface area contributed by atoms with E-state index in [4.69, 9.17) is 10.3 Å². The van der Waals surface area contributed by atoms with Crippen LogP contribution in [0.15, 0.2) is 27.5 Å². The van der Waals surface area contributed by atoms with Crippen LogP contribution in [-0.2, 0) is 13.0 Å². The van der Waals surface area contributed by atoms with Crippen molar-refractivity contribution in [2.24, 2.45) is 5.73 Å². The van der Waals surface area contributed by atoms with Gasteiger partial charge in [-0.2, -0.15) is 0 Å². The number of nitrogens with zero attached hydrogens (tertiary/aromatic N) is 1. The molecule has 2 N–H and O–H groups in total. The molecule has 0 aliphatic heterocycles. The highest BCUT2D eigenvalue weighted by Crippen LogP contribution is 2.16. The highest BCUT2D eigenvalue weighted by molar-refractivity contribution is 5.81. The summed E-state index contributed by atoms with van der Waals surface area (Å²) in [4.78, 5) is 11.6. The highest BCUT2D eigenvalue weighted by Gasteiger charge is 2.11. The summed E-state index contributed by atoms with van der Waals surface area (Å²) in [6.45, 7) is 3.14. The first kappa shape index (κ1) is 9.98. The maximum Gasteiger partial charge on any atom is 0.365 e. The molecule has 0 atom stereocenters. The van der Waals surface area contributed by atoms with Gasteiger partial charge in [0.25, 0.3) is 0 Å². The molecule has 2 aromatic rings. The Morgan fingerprint density at radius 2 is 2.27 bits per heavy atom. The zero-order chi connectivity index (χ0) is 10.8. The lowest BCUT2D eigenvalue weighted by atomic mass is 10.1. The Kier molecular flexibility index (Phi) is 2.60. The summed E-state index contributed by atoms with van der Waals surface area (Å²) < 4.78 is 6.73. The maximum atomic E-state index is 11.6. The summed E-state index contributed by atoms with van der Waals surface area (Å²) in [6.07, 6.45) is 0.704. The lowest BCUT2D eigenvalue weighted by molar-refractivity contribution is 0.270. The third-order valence-corrected chi connectivity index (χ3v) is 2.50. The van der Waals surface area contributed by atoms with Crippen molar-refractivity contribution in [2.75, 3.05) is 6.54 Å². The molecule has 1 heterocycles. The number of fused-ring (bicyclic) bond motifs is 1. The molecule has 4 heteroatoms. The van der Waals surface area contributed by atoms with Gasteiger partial charge in [-0.3, -0.25) is 0 Å². The molecule has 0 spiro atoms. The molecule has 0 saturated carbocycles. The first-order chi connectivity index (χ1) is 7.27. The normalized spacial score (nSPS) is 11.1. The lowest BCUT2D eigenvalue weighted by Gasteiger charge is -2.00. The Bertz CT molecular complexity index is 525. The Balaban J connectivity index is 2.74. The first-order valence-electron chi connectivity index (χ1n) is 5.09. The molecule has 0 aliphatic rings. The minimum atomic E-state index is -0.268. The van der Waals surface area contributed by atoms with E-state index in [-0.39, 0.29) is 5.63 Å². The second kappa shape index (κ2) is 3.90. The Morgan fingerprint density at radius 3 is 2.93 bits per heavy atom. The van der Waals surface area contributed by atoms with Crippen molar-refractivity contribution in [3.05, 3.63) is 34.2 Å². The zero-order valence-electron chi connectivity index (χ0n) is 8.69. The van der Waals surface area contributed by atoms with E-state index in [1.165, 1.54) is 0 Å². The number of aromatic nitrogens is 1. The first-order valence-corrected chi connectivity index (χ1v) is 5.09. The van der Waals surface area contributed by atoms with E-state index in [2.05, 4.69) is 0 Å². The standard InChI is InChI=1S/C11H14N2O2/c1-2-13-9-5-3-4-8(6-7-12)10(9)11(14)15-13/h3-5H,2,6-7,12H2,1H3. The lowest BCUT2D eigenvalue weighted by Crippen LogP contribution is -2.05. The van der Waals surface area contributed by atoms with Gasteiger partial charge >= 0.3 is 5.63 Å². The molecule has 15 heavy (non-hydrogen) atoms. The maximum absolute atomic E-state index is 11.6. The van der Waals surface area contributed by atoms with Gasteiger partial charge in [0.15, 0.2) is 0 Å². The minimum Gasteiger partial charge on any atom is -0.335 e. The monoisotopic (exact) mass is 206 g/mol. The van der Waals surface area contributed by atoms with Gasteiger partial charge in [-0.05, 0) is 31.5 Å². The largest absolute Gasteiger partial charge is 0.365 e. The van der Waals surface area contributed by atoms with Crippen molar-refractivity contribution in [3.8, 4) is 0 Å². The zero-order valence-corrected chi connectivity index (χ0v) is 8.69. The second-order valence-corrected chi connectivity index (χ2v) is 3.42. The van der Waals surface area contributed by atoms with Crippen LogP contribution in [0.3, 0.4) is 0 Å². The van der Waals surface area contributed by atoms with Crippen molar-refractivity contribution in [2.45, 2.75) is 19.9 Å². The number of aryl methyl sites for hydroxylation is 1. The summed E-state index contributed by atoms with van der Waals surface area (Å²) in [7, 11) is 0. The number of hydrogen-bond donors (Lipinski definition) is 1. The van der Waals surface area contributed by atoms with Crippen LogP contribution in [0, 0.1) is 0 Å². The molecule has 0 bridgehead atoms. The fraction of sp³-hybridized carbons (Fsp3) is 0.364. The van der Waals surface area contributed by atoms with Gasteiger partial charge in [-0.25, -0.2) is 9.53 Å². The molecule has 0 saturated heterocycles. The molecular formula is C11H14N2O2. The van der Waals surface area contributed by atoms with Crippen LogP contribution < -0.4 is 11.4 Å². The van der Waals surface area contributed by atoms with Crippen molar-refractivity contribution >= 4 is 10.9 Å². The van der Waals surface area contributed by atoms with E-state index < -0.39 is 0 Å². The number of rotatable bonds is 3. The highest BCUT2D eigenvalue weighted by atomic mass is 16.5. The van der Waals surface area contributed by atoms with E-state index >= 15 is 0 Å². The van der Waals surface area contributed by atoms with Gasteiger partial charge in [-0.15, -0.1) is 0 Å². The van der Waals surface area contributed by atoms with Crippen molar-refractivity contribution < 1.29 is 4.52 Å². The van der Waals surface area contributed by atoms with Gasteiger partial charge in [0.2, 0.25) is 0 Å². The second-order valence-electron chi connectivity index (χ2n) is 3.42. The third-order valence-electron chi connectivity index (χ3n) is 2.50. The van der Waals surface area contributed by atoms with Gasteiger partial charge < -0.3 is 10.3 Å². The number of nitrogens with two attached hydrogens (primary N) is 1. The number of hydrogen-bond acceptors (Lipinski definition) is 3. The Morgan fingerprint density at radius 1 is 1.47 bits per heavy atom. The fourth-order valence-corrected chi connectivity index (χ4v) is 1.82. The van der Waals surface area contributed by atoms with Crippen LogP contribution in [0.5, 0.6) is 0 Å². The van der Waals surface area contributed by atoms with E-state index in [1.54, 1.807) is 4.74 Å². The topological polar surface area (TPSA) is 61.2 Å². The molecule has 0 radical (unpaired) electrons. The molecule has 0 unspecified atom stereocenters. The predicted octanol–water partition coefficient (Wildman–Crippen LogP) is 1.12. The number of benzene rings is 1. The van der Waals surface area contributed by atoms with Crippen LogP contribution in [-0.4, -0.2) is 11.3 Å². The summed E-state index contributed by atoms with van der Waals surface area (Å²) in [6, 6.07) is 5.74. The van der Waals surface area contributed by atoms with Gasteiger partial charge in [-0.1, -0.05) is 12.1 Å². The van der Waals surface area contributed by atoms with Crippen molar-refractivity contribution in [1.82, 2.24) is 4.74 Å². The molecular weight excluding hydrogens is 192 g/mol. The molecule has 0 fully saturated rings. The van der Waals surface area contributed by atoms with E-state index in [0.29, 0.717) is 24.9 Å². The smallest absolute Gasteiger partial charge is 0.335 e. The van der Waals surface area contributed by atoms with Gasteiger partial charge in [0.1, 0.15) is 0 Å². The van der Waals surface area contributed by atoms with E-state index in [1.807, 2.05) is 25.1 Å². The summed E-state index contributed by atoms with van der Waals surface area (Å²) in [5.74, 6) is 0. The van der Waals surface area contributed by atoms with E-state index in [0.717, 1.165) is 11.1 Å². The SMILES string of the molecule is CCn1oc(=O)c2c(CCN)cccc21.